The number of alkyl halides is 3. The fourth-order valence-electron chi connectivity index (χ4n) is 2.55. The Morgan fingerprint density at radius 1 is 1.25 bits per heavy atom. The molecule has 0 unspecified atom stereocenters. The summed E-state index contributed by atoms with van der Waals surface area (Å²) in [6, 6.07) is 1.83. The summed E-state index contributed by atoms with van der Waals surface area (Å²) in [5.74, 6) is -2.76. The second-order valence-electron chi connectivity index (χ2n) is 6.08. The van der Waals surface area contributed by atoms with Crippen molar-refractivity contribution in [3.8, 4) is 11.3 Å². The van der Waals surface area contributed by atoms with Crippen molar-refractivity contribution in [2.24, 2.45) is 7.05 Å². The van der Waals surface area contributed by atoms with E-state index in [0.717, 1.165) is 39.5 Å². The van der Waals surface area contributed by atoms with Gasteiger partial charge in [0.2, 0.25) is 0 Å². The summed E-state index contributed by atoms with van der Waals surface area (Å²) < 4.78 is 59.0. The number of rotatable bonds is 6. The van der Waals surface area contributed by atoms with Crippen LogP contribution in [0, 0.1) is 5.82 Å². The molecule has 0 bridgehead atoms. The van der Waals surface area contributed by atoms with Crippen molar-refractivity contribution < 1.29 is 36.7 Å². The summed E-state index contributed by atoms with van der Waals surface area (Å²) in [4.78, 5) is 28.5. The van der Waals surface area contributed by atoms with E-state index in [-0.39, 0.29) is 10.6 Å². The molecule has 14 heteroatoms. The highest BCUT2D eigenvalue weighted by Crippen LogP contribution is 2.41. The van der Waals surface area contributed by atoms with E-state index in [0.29, 0.717) is 9.75 Å². The number of ether oxygens (including phenoxy) is 1. The van der Waals surface area contributed by atoms with Gasteiger partial charge in [-0.25, -0.2) is 9.45 Å². The molecule has 7 nitrogen and oxygen atoms in total. The number of methoxy groups -OCH3 is 1. The van der Waals surface area contributed by atoms with Gasteiger partial charge in [0.1, 0.15) is 23.1 Å². The Balaban J connectivity index is 2.52. The molecule has 0 spiro atoms. The van der Waals surface area contributed by atoms with Gasteiger partial charge in [0.05, 0.1) is 24.3 Å². The van der Waals surface area contributed by atoms with Crippen molar-refractivity contribution in [1.82, 2.24) is 14.8 Å². The minimum Gasteiger partial charge on any atom is -0.468 e. The lowest BCUT2D eigenvalue weighted by molar-refractivity contribution is -0.179. The van der Waals surface area contributed by atoms with Crippen LogP contribution in [-0.2, 0) is 32.4 Å². The van der Waals surface area contributed by atoms with E-state index in [4.69, 9.17) is 39.6 Å². The third-order valence-corrected chi connectivity index (χ3v) is 4.99. The molecule has 0 saturated heterocycles. The highest BCUT2D eigenvalue weighted by atomic mass is 35.5. The van der Waals surface area contributed by atoms with Crippen molar-refractivity contribution in [3.05, 3.63) is 44.3 Å². The van der Waals surface area contributed by atoms with Gasteiger partial charge in [-0.3, -0.25) is 19.1 Å². The number of aryl methyl sites for hydroxylation is 1. The summed E-state index contributed by atoms with van der Waals surface area (Å²) in [5.41, 5.74) is -2.21. The Labute approximate surface area is 194 Å². The normalized spacial score (nSPS) is 12.1. The predicted octanol–water partition coefficient (Wildman–Crippen LogP) is 4.69. The molecule has 0 fully saturated rings. The zero-order valence-electron chi connectivity index (χ0n) is 16.6. The number of nitrogens with zero attached hydrogens (tertiary/aromatic N) is 3. The molecule has 32 heavy (non-hydrogen) atoms. The van der Waals surface area contributed by atoms with Crippen LogP contribution in [0.3, 0.4) is 0 Å². The van der Waals surface area contributed by atoms with Gasteiger partial charge in [0.25, 0.3) is 5.91 Å². The molecular formula is C18H14Cl3F4N3O4. The van der Waals surface area contributed by atoms with Crippen LogP contribution < -0.4 is 0 Å². The minimum atomic E-state index is -4.83. The maximum Gasteiger partial charge on any atom is 0.434 e. The molecule has 0 atom stereocenters. The monoisotopic (exact) mass is 517 g/mol. The second-order valence-corrected chi connectivity index (χ2v) is 7.27. The first kappa shape index (κ1) is 25.9. The van der Waals surface area contributed by atoms with Crippen LogP contribution in [0.1, 0.15) is 11.3 Å². The predicted molar refractivity (Wildman–Crippen MR) is 108 cm³/mol. The first-order valence-electron chi connectivity index (χ1n) is 8.40. The Bertz CT molecular complexity index is 1090. The van der Waals surface area contributed by atoms with Crippen molar-refractivity contribution in [1.29, 1.82) is 0 Å². The maximum atomic E-state index is 14.5. The van der Waals surface area contributed by atoms with E-state index in [9.17, 15) is 27.2 Å². The molecule has 1 aromatic carbocycles. The number of hydroxylamine groups is 2. The summed E-state index contributed by atoms with van der Waals surface area (Å²) >= 11 is 17.8. The third kappa shape index (κ3) is 5.52. The molecule has 0 aliphatic heterocycles. The molecule has 2 rings (SSSR count). The zero-order chi connectivity index (χ0) is 24.4. The largest absolute Gasteiger partial charge is 0.468 e. The number of hydrogen-bond acceptors (Lipinski definition) is 5. The molecule has 2 aromatic rings. The van der Waals surface area contributed by atoms with Crippen LogP contribution in [0.5, 0.6) is 0 Å². The van der Waals surface area contributed by atoms with Gasteiger partial charge < -0.3 is 4.74 Å². The summed E-state index contributed by atoms with van der Waals surface area (Å²) in [7, 11) is 3.21. The number of aromatic nitrogens is 2. The van der Waals surface area contributed by atoms with Crippen LogP contribution in [0.4, 0.5) is 17.6 Å². The average Bonchev–Trinajstić information content (AvgIpc) is 3.01. The first-order valence-corrected chi connectivity index (χ1v) is 9.54. The molecule has 0 aliphatic rings. The second kappa shape index (κ2) is 10.1. The topological polar surface area (TPSA) is 73.7 Å². The molecule has 0 radical (unpaired) electrons. The minimum absolute atomic E-state index is 0.0363. The third-order valence-electron chi connectivity index (χ3n) is 4.03. The van der Waals surface area contributed by atoms with Gasteiger partial charge in [0.15, 0.2) is 5.69 Å². The van der Waals surface area contributed by atoms with Gasteiger partial charge in [-0.15, -0.1) is 0 Å². The zero-order valence-corrected chi connectivity index (χ0v) is 18.8. The van der Waals surface area contributed by atoms with Gasteiger partial charge in [-0.05, 0) is 23.8 Å². The van der Waals surface area contributed by atoms with E-state index in [2.05, 4.69) is 9.84 Å². The SMILES string of the molecule is COC(=O)CN(OC)C(=O)C(Cl)=Cc1cc(-c2nn(C)c(C(F)(F)F)c2Cl)c(F)cc1Cl. The molecule has 0 saturated carbocycles. The Morgan fingerprint density at radius 3 is 2.38 bits per heavy atom. The van der Waals surface area contributed by atoms with Crippen LogP contribution in [0.25, 0.3) is 17.3 Å². The fraction of sp³-hybridized carbons (Fsp3) is 0.278. The lowest BCUT2D eigenvalue weighted by Crippen LogP contribution is -2.35. The van der Waals surface area contributed by atoms with Gasteiger partial charge in [-0.1, -0.05) is 34.8 Å². The molecule has 1 aromatic heterocycles. The Hall–Kier alpha value is -2.34. The molecular weight excluding hydrogens is 505 g/mol. The fourth-order valence-corrected chi connectivity index (χ4v) is 3.34. The summed E-state index contributed by atoms with van der Waals surface area (Å²) in [6.07, 6.45) is -3.82. The standard InChI is InChI=1S/C18H14Cl3F4N3O4/c1-27-16(18(23,24)25)14(21)15(26-27)9-4-8(10(19)6-12(9)22)5-11(20)17(30)28(32-3)7-13(29)31-2/h4-6H,7H2,1-3H3. The number of benzene rings is 1. The molecule has 1 amide bonds. The highest BCUT2D eigenvalue weighted by Gasteiger charge is 2.39. The van der Waals surface area contributed by atoms with Crippen molar-refractivity contribution in [2.45, 2.75) is 6.18 Å². The number of carbonyl (C=O) groups excluding carboxylic acids is 2. The summed E-state index contributed by atoms with van der Waals surface area (Å²) in [6.45, 7) is -0.581. The average molecular weight is 519 g/mol. The smallest absolute Gasteiger partial charge is 0.434 e. The van der Waals surface area contributed by atoms with Crippen LogP contribution in [0.15, 0.2) is 17.2 Å². The number of hydrogen-bond donors (Lipinski definition) is 0. The van der Waals surface area contributed by atoms with Gasteiger partial charge >= 0.3 is 12.1 Å². The van der Waals surface area contributed by atoms with Crippen molar-refractivity contribution in [3.63, 3.8) is 0 Å². The lowest BCUT2D eigenvalue weighted by atomic mass is 10.1. The van der Waals surface area contributed by atoms with Crippen molar-refractivity contribution >= 4 is 52.8 Å². The lowest BCUT2D eigenvalue weighted by Gasteiger charge is -2.17. The summed E-state index contributed by atoms with van der Waals surface area (Å²) in [5, 5.41) is 2.72. The molecule has 174 valence electrons. The number of amides is 1. The van der Waals surface area contributed by atoms with Crippen LogP contribution in [0.2, 0.25) is 10.0 Å². The highest BCUT2D eigenvalue weighted by molar-refractivity contribution is 6.44. The molecule has 0 aliphatic carbocycles. The quantitative estimate of drug-likeness (QED) is 0.240. The molecule has 0 N–H and O–H groups in total. The Kier molecular flexibility index (Phi) is 8.16. The van der Waals surface area contributed by atoms with Crippen LogP contribution >= 0.6 is 34.8 Å². The number of carbonyl (C=O) groups is 2. The first-order chi connectivity index (χ1) is 14.8. The van der Waals surface area contributed by atoms with E-state index in [1.165, 1.54) is 0 Å². The van der Waals surface area contributed by atoms with E-state index in [1.54, 1.807) is 0 Å². The van der Waals surface area contributed by atoms with E-state index in [1.807, 2.05) is 0 Å². The van der Waals surface area contributed by atoms with Crippen LogP contribution in [-0.4, -0.2) is 47.5 Å². The Morgan fingerprint density at radius 2 is 1.88 bits per heavy atom. The number of halogens is 7. The van der Waals surface area contributed by atoms with Crippen molar-refractivity contribution in [2.75, 3.05) is 20.8 Å². The van der Waals surface area contributed by atoms with E-state index >= 15 is 0 Å². The number of esters is 1. The maximum absolute atomic E-state index is 14.5. The molecule has 1 heterocycles. The van der Waals surface area contributed by atoms with Gasteiger partial charge in [0, 0.05) is 12.6 Å². The van der Waals surface area contributed by atoms with Gasteiger partial charge in [-0.2, -0.15) is 18.3 Å². The van der Waals surface area contributed by atoms with E-state index < -0.39 is 57.4 Å².